The van der Waals surface area contributed by atoms with E-state index in [1.54, 1.807) is 0 Å². The van der Waals surface area contributed by atoms with Crippen LogP contribution in [0.5, 0.6) is 0 Å². The van der Waals surface area contributed by atoms with Crippen LogP contribution in [0.1, 0.15) is 46.5 Å². The summed E-state index contributed by atoms with van der Waals surface area (Å²) in [7, 11) is 4.33. The zero-order valence-electron chi connectivity index (χ0n) is 10.6. The van der Waals surface area contributed by atoms with Gasteiger partial charge in [0.25, 0.3) is 0 Å². The van der Waals surface area contributed by atoms with Crippen molar-refractivity contribution in [2.45, 2.75) is 58.5 Å². The summed E-state index contributed by atoms with van der Waals surface area (Å²) in [6.07, 6.45) is 5.06. The quantitative estimate of drug-likeness (QED) is 0.647. The molecule has 0 aromatic carbocycles. The Bertz CT molecular complexity index is 123. The topological polar surface area (TPSA) is 15.3 Å². The van der Waals surface area contributed by atoms with Gasteiger partial charge in [-0.05, 0) is 33.4 Å². The highest BCUT2D eigenvalue weighted by atomic mass is 15.1. The molecule has 0 aliphatic rings. The first-order valence-corrected chi connectivity index (χ1v) is 6.05. The van der Waals surface area contributed by atoms with Crippen molar-refractivity contribution < 1.29 is 0 Å². The minimum absolute atomic E-state index is 0.681. The molecule has 0 aromatic rings. The first kappa shape index (κ1) is 13.9. The summed E-state index contributed by atoms with van der Waals surface area (Å²) in [5.74, 6) is 0. The predicted octanol–water partition coefficient (Wildman–Crippen LogP) is 2.49. The molecule has 0 rings (SSSR count). The Balaban J connectivity index is 3.75. The summed E-state index contributed by atoms with van der Waals surface area (Å²) in [6, 6.07) is 1.40. The van der Waals surface area contributed by atoms with Gasteiger partial charge in [-0.25, -0.2) is 0 Å². The van der Waals surface area contributed by atoms with Crippen molar-refractivity contribution in [2.75, 3.05) is 20.6 Å². The maximum absolute atomic E-state index is 3.66. The Hall–Kier alpha value is -0.0800. The minimum atomic E-state index is 0.681. The Kier molecular flexibility index (Phi) is 8.20. The summed E-state index contributed by atoms with van der Waals surface area (Å²) < 4.78 is 0. The lowest BCUT2D eigenvalue weighted by atomic mass is 10.1. The third-order valence-corrected chi connectivity index (χ3v) is 2.97. The highest BCUT2D eigenvalue weighted by Gasteiger charge is 2.10. The lowest BCUT2D eigenvalue weighted by Gasteiger charge is -2.26. The molecular weight excluding hydrogens is 172 g/mol. The maximum atomic E-state index is 3.66. The molecule has 2 nitrogen and oxygen atoms in total. The summed E-state index contributed by atoms with van der Waals surface area (Å²) in [5.41, 5.74) is 0. The first-order valence-electron chi connectivity index (χ1n) is 6.05. The van der Waals surface area contributed by atoms with Crippen LogP contribution in [-0.2, 0) is 0 Å². The number of hydrogen-bond acceptors (Lipinski definition) is 2. The fourth-order valence-electron chi connectivity index (χ4n) is 1.79. The average Bonchev–Trinajstić information content (AvgIpc) is 2.16. The average molecular weight is 200 g/mol. The smallest absolute Gasteiger partial charge is 0.0212 e. The van der Waals surface area contributed by atoms with E-state index in [4.69, 9.17) is 0 Å². The standard InChI is InChI=1S/C12H28N2/c1-6-9-11(7-2)13-10-12(8-3)14(4)5/h11-13H,6-10H2,1-5H3. The fourth-order valence-corrected chi connectivity index (χ4v) is 1.79. The molecule has 0 aliphatic heterocycles. The highest BCUT2D eigenvalue weighted by Crippen LogP contribution is 2.03. The van der Waals surface area contributed by atoms with Crippen LogP contribution in [-0.4, -0.2) is 37.6 Å². The van der Waals surface area contributed by atoms with Gasteiger partial charge in [0.05, 0.1) is 0 Å². The van der Waals surface area contributed by atoms with Crippen LogP contribution in [0.3, 0.4) is 0 Å². The molecule has 2 heteroatoms. The van der Waals surface area contributed by atoms with Crippen molar-refractivity contribution in [2.24, 2.45) is 0 Å². The number of nitrogens with one attached hydrogen (secondary N) is 1. The van der Waals surface area contributed by atoms with E-state index in [9.17, 15) is 0 Å². The van der Waals surface area contributed by atoms with Gasteiger partial charge in [0.1, 0.15) is 0 Å². The molecule has 0 aromatic heterocycles. The monoisotopic (exact) mass is 200 g/mol. The van der Waals surface area contributed by atoms with E-state index in [-0.39, 0.29) is 0 Å². The second-order valence-corrected chi connectivity index (χ2v) is 4.33. The van der Waals surface area contributed by atoms with Crippen molar-refractivity contribution >= 4 is 0 Å². The number of rotatable bonds is 8. The lowest BCUT2D eigenvalue weighted by Crippen LogP contribution is -2.41. The third kappa shape index (κ3) is 5.61. The van der Waals surface area contributed by atoms with E-state index in [2.05, 4.69) is 45.1 Å². The SMILES string of the molecule is CCCC(CC)NCC(CC)N(C)C. The molecule has 2 unspecified atom stereocenters. The van der Waals surface area contributed by atoms with E-state index in [0.717, 1.165) is 6.54 Å². The molecule has 0 aliphatic carbocycles. The number of hydrogen-bond donors (Lipinski definition) is 1. The van der Waals surface area contributed by atoms with E-state index in [0.29, 0.717) is 12.1 Å². The van der Waals surface area contributed by atoms with Gasteiger partial charge >= 0.3 is 0 Å². The summed E-state index contributed by atoms with van der Waals surface area (Å²) in [5, 5.41) is 3.66. The van der Waals surface area contributed by atoms with E-state index in [1.165, 1.54) is 25.7 Å². The van der Waals surface area contributed by atoms with Crippen molar-refractivity contribution in [3.63, 3.8) is 0 Å². The van der Waals surface area contributed by atoms with Crippen LogP contribution in [0, 0.1) is 0 Å². The van der Waals surface area contributed by atoms with Crippen molar-refractivity contribution in [3.8, 4) is 0 Å². The van der Waals surface area contributed by atoms with Gasteiger partial charge in [0.15, 0.2) is 0 Å². The molecule has 1 N–H and O–H groups in total. The molecule has 0 radical (unpaired) electrons. The Labute approximate surface area is 90.1 Å². The molecule has 0 spiro atoms. The zero-order chi connectivity index (χ0) is 11.0. The second kappa shape index (κ2) is 8.25. The lowest BCUT2D eigenvalue weighted by molar-refractivity contribution is 0.264. The second-order valence-electron chi connectivity index (χ2n) is 4.33. The third-order valence-electron chi connectivity index (χ3n) is 2.97. The van der Waals surface area contributed by atoms with Gasteiger partial charge in [0, 0.05) is 18.6 Å². The zero-order valence-corrected chi connectivity index (χ0v) is 10.6. The predicted molar refractivity (Wildman–Crippen MR) is 64.8 cm³/mol. The highest BCUT2D eigenvalue weighted by molar-refractivity contribution is 4.71. The number of nitrogens with zero attached hydrogens (tertiary/aromatic N) is 1. The normalized spacial score (nSPS) is 15.9. The van der Waals surface area contributed by atoms with E-state index < -0.39 is 0 Å². The van der Waals surface area contributed by atoms with Crippen LogP contribution in [0.2, 0.25) is 0 Å². The van der Waals surface area contributed by atoms with Crippen molar-refractivity contribution in [3.05, 3.63) is 0 Å². The van der Waals surface area contributed by atoms with Crippen molar-refractivity contribution in [1.82, 2.24) is 10.2 Å². The van der Waals surface area contributed by atoms with Gasteiger partial charge in [0.2, 0.25) is 0 Å². The molecule has 0 bridgehead atoms. The summed E-state index contributed by atoms with van der Waals surface area (Å²) in [6.45, 7) is 7.91. The van der Waals surface area contributed by atoms with Crippen LogP contribution in [0.4, 0.5) is 0 Å². The number of likely N-dealkylation sites (N-methyl/N-ethyl adjacent to an activating group) is 1. The van der Waals surface area contributed by atoms with Crippen LogP contribution >= 0.6 is 0 Å². The van der Waals surface area contributed by atoms with Crippen molar-refractivity contribution in [1.29, 1.82) is 0 Å². The van der Waals surface area contributed by atoms with E-state index in [1.807, 2.05) is 0 Å². The first-order chi connectivity index (χ1) is 6.65. The molecule has 86 valence electrons. The van der Waals surface area contributed by atoms with Gasteiger partial charge < -0.3 is 10.2 Å². The van der Waals surface area contributed by atoms with Gasteiger partial charge in [-0.15, -0.1) is 0 Å². The Morgan fingerprint density at radius 3 is 2.07 bits per heavy atom. The molecular formula is C12H28N2. The van der Waals surface area contributed by atoms with Crippen LogP contribution in [0.25, 0.3) is 0 Å². The molecule has 0 heterocycles. The van der Waals surface area contributed by atoms with Crippen LogP contribution < -0.4 is 5.32 Å². The largest absolute Gasteiger partial charge is 0.312 e. The molecule has 0 saturated heterocycles. The van der Waals surface area contributed by atoms with E-state index >= 15 is 0 Å². The molecule has 0 saturated carbocycles. The van der Waals surface area contributed by atoms with Gasteiger partial charge in [-0.2, -0.15) is 0 Å². The molecule has 0 amide bonds. The Morgan fingerprint density at radius 2 is 1.71 bits per heavy atom. The molecule has 2 atom stereocenters. The molecule has 14 heavy (non-hydrogen) atoms. The minimum Gasteiger partial charge on any atom is -0.312 e. The molecule has 0 fully saturated rings. The Morgan fingerprint density at radius 1 is 1.07 bits per heavy atom. The van der Waals surface area contributed by atoms with Gasteiger partial charge in [-0.3, -0.25) is 0 Å². The fraction of sp³-hybridized carbons (Fsp3) is 1.00. The van der Waals surface area contributed by atoms with Gasteiger partial charge in [-0.1, -0.05) is 27.2 Å². The summed E-state index contributed by atoms with van der Waals surface area (Å²) >= 11 is 0. The maximum Gasteiger partial charge on any atom is 0.0212 e. The van der Waals surface area contributed by atoms with Crippen LogP contribution in [0.15, 0.2) is 0 Å². The summed E-state index contributed by atoms with van der Waals surface area (Å²) in [4.78, 5) is 2.31.